The maximum Gasteiger partial charge on any atom is 0.239 e. The van der Waals surface area contributed by atoms with Crippen LogP contribution in [0.4, 0.5) is 11.4 Å². The second-order valence-corrected chi connectivity index (χ2v) is 6.92. The third kappa shape index (κ3) is 3.82. The lowest BCUT2D eigenvalue weighted by Gasteiger charge is -2.23. The summed E-state index contributed by atoms with van der Waals surface area (Å²) in [5, 5.41) is 6.67. The highest BCUT2D eigenvalue weighted by Crippen LogP contribution is 2.26. The Kier molecular flexibility index (Phi) is 5.21. The molecule has 138 valence electrons. The molecule has 0 bridgehead atoms. The zero-order valence-electron chi connectivity index (χ0n) is 15.7. The van der Waals surface area contributed by atoms with E-state index in [1.807, 2.05) is 55.5 Å². The van der Waals surface area contributed by atoms with Crippen LogP contribution in [0.15, 0.2) is 60.8 Å². The van der Waals surface area contributed by atoms with Crippen LogP contribution in [-0.4, -0.2) is 16.8 Å². The summed E-state index contributed by atoms with van der Waals surface area (Å²) in [4.78, 5) is 30.0. The van der Waals surface area contributed by atoms with Gasteiger partial charge in [0.2, 0.25) is 11.8 Å². The first-order valence-electron chi connectivity index (χ1n) is 8.98. The number of carbonyl (C=O) groups excluding carboxylic acids is 2. The number of para-hydroxylation sites is 2. The summed E-state index contributed by atoms with van der Waals surface area (Å²) in [5.41, 5.74) is 1.80. The average Bonchev–Trinajstić information content (AvgIpc) is 2.68. The molecule has 2 aromatic carbocycles. The van der Waals surface area contributed by atoms with E-state index in [-0.39, 0.29) is 11.8 Å². The molecule has 3 rings (SSSR count). The lowest BCUT2D eigenvalue weighted by atomic mass is 9.90. The van der Waals surface area contributed by atoms with E-state index >= 15 is 0 Å². The molecule has 3 aromatic rings. The van der Waals surface area contributed by atoms with Crippen LogP contribution in [0.25, 0.3) is 10.9 Å². The highest BCUT2D eigenvalue weighted by atomic mass is 16.2. The van der Waals surface area contributed by atoms with Gasteiger partial charge in [0.05, 0.1) is 11.2 Å². The fourth-order valence-electron chi connectivity index (χ4n) is 2.82. The molecular formula is C22H23N3O2. The van der Waals surface area contributed by atoms with Crippen LogP contribution in [0, 0.1) is 5.41 Å². The van der Waals surface area contributed by atoms with Crippen LogP contribution < -0.4 is 10.6 Å². The van der Waals surface area contributed by atoms with Crippen molar-refractivity contribution >= 4 is 34.1 Å². The number of nitrogens with one attached hydrogen (secondary N) is 2. The first-order chi connectivity index (χ1) is 12.9. The summed E-state index contributed by atoms with van der Waals surface area (Å²) in [7, 11) is 0. The summed E-state index contributed by atoms with van der Waals surface area (Å²) < 4.78 is 0. The normalized spacial score (nSPS) is 11.2. The minimum absolute atomic E-state index is 0.353. The standard InChI is InChI=1S/C22H23N3O2/c1-4-15-9-5-6-12-17(15)24-20(26)22(2,3)21(27)25-18-13-7-10-16-11-8-14-23-19(16)18/h5-14H,4H2,1-3H3,(H,24,26)(H,25,27). The molecule has 0 unspecified atom stereocenters. The van der Waals surface area contributed by atoms with Gasteiger partial charge in [0, 0.05) is 17.3 Å². The molecule has 5 heteroatoms. The minimum atomic E-state index is -1.25. The summed E-state index contributed by atoms with van der Waals surface area (Å²) in [6, 6.07) is 16.9. The molecule has 5 nitrogen and oxygen atoms in total. The molecule has 1 heterocycles. The molecule has 0 aliphatic heterocycles. The monoisotopic (exact) mass is 361 g/mol. The highest BCUT2D eigenvalue weighted by Gasteiger charge is 2.36. The molecule has 2 N–H and O–H groups in total. The topological polar surface area (TPSA) is 71.1 Å². The second-order valence-electron chi connectivity index (χ2n) is 6.92. The smallest absolute Gasteiger partial charge is 0.239 e. The van der Waals surface area contributed by atoms with Gasteiger partial charge in [-0.15, -0.1) is 0 Å². The number of pyridine rings is 1. The zero-order valence-corrected chi connectivity index (χ0v) is 15.7. The van der Waals surface area contributed by atoms with E-state index in [1.165, 1.54) is 0 Å². The van der Waals surface area contributed by atoms with Crippen molar-refractivity contribution in [2.45, 2.75) is 27.2 Å². The molecule has 2 amide bonds. The number of carbonyl (C=O) groups is 2. The third-order valence-corrected chi connectivity index (χ3v) is 4.66. The Morgan fingerprint density at radius 3 is 2.26 bits per heavy atom. The Morgan fingerprint density at radius 2 is 1.52 bits per heavy atom. The molecule has 0 saturated carbocycles. The predicted molar refractivity (Wildman–Crippen MR) is 109 cm³/mol. The van der Waals surface area contributed by atoms with Crippen molar-refractivity contribution in [2.75, 3.05) is 10.6 Å². The van der Waals surface area contributed by atoms with E-state index < -0.39 is 5.41 Å². The van der Waals surface area contributed by atoms with Gasteiger partial charge >= 0.3 is 0 Å². The molecule has 0 aliphatic rings. The van der Waals surface area contributed by atoms with Crippen LogP contribution >= 0.6 is 0 Å². The number of amides is 2. The van der Waals surface area contributed by atoms with Gasteiger partial charge in [-0.3, -0.25) is 14.6 Å². The molecule has 27 heavy (non-hydrogen) atoms. The van der Waals surface area contributed by atoms with Crippen LogP contribution in [0.2, 0.25) is 0 Å². The van der Waals surface area contributed by atoms with Crippen molar-refractivity contribution in [2.24, 2.45) is 5.41 Å². The van der Waals surface area contributed by atoms with E-state index in [1.54, 1.807) is 26.1 Å². The van der Waals surface area contributed by atoms with Gasteiger partial charge in [-0.25, -0.2) is 0 Å². The van der Waals surface area contributed by atoms with Crippen molar-refractivity contribution in [3.63, 3.8) is 0 Å². The number of hydrogen-bond acceptors (Lipinski definition) is 3. The fraction of sp³-hybridized carbons (Fsp3) is 0.227. The van der Waals surface area contributed by atoms with E-state index in [9.17, 15) is 9.59 Å². The van der Waals surface area contributed by atoms with Gasteiger partial charge in [-0.05, 0) is 44.0 Å². The Hall–Kier alpha value is -3.21. The van der Waals surface area contributed by atoms with E-state index in [2.05, 4.69) is 15.6 Å². The maximum absolute atomic E-state index is 12.9. The molecule has 0 spiro atoms. The van der Waals surface area contributed by atoms with Crippen molar-refractivity contribution < 1.29 is 9.59 Å². The lowest BCUT2D eigenvalue weighted by Crippen LogP contribution is -2.41. The predicted octanol–water partition coefficient (Wildman–Crippen LogP) is 4.40. The number of anilines is 2. The van der Waals surface area contributed by atoms with E-state index in [0.29, 0.717) is 11.2 Å². The lowest BCUT2D eigenvalue weighted by molar-refractivity contribution is -0.135. The molecule has 0 radical (unpaired) electrons. The Labute approximate surface area is 158 Å². The Bertz CT molecular complexity index is 990. The number of aryl methyl sites for hydroxylation is 1. The van der Waals surface area contributed by atoms with Gasteiger partial charge in [0.1, 0.15) is 5.41 Å². The highest BCUT2D eigenvalue weighted by molar-refractivity contribution is 6.15. The molecule has 0 fully saturated rings. The molecule has 0 atom stereocenters. The van der Waals surface area contributed by atoms with Crippen molar-refractivity contribution in [1.82, 2.24) is 4.98 Å². The van der Waals surface area contributed by atoms with Gasteiger partial charge < -0.3 is 10.6 Å². The third-order valence-electron chi connectivity index (χ3n) is 4.66. The maximum atomic E-state index is 12.9. The largest absolute Gasteiger partial charge is 0.325 e. The van der Waals surface area contributed by atoms with Crippen LogP contribution in [-0.2, 0) is 16.0 Å². The minimum Gasteiger partial charge on any atom is -0.325 e. The summed E-state index contributed by atoms with van der Waals surface area (Å²) in [6.45, 7) is 5.26. The van der Waals surface area contributed by atoms with Crippen LogP contribution in [0.3, 0.4) is 0 Å². The Balaban J connectivity index is 1.81. The van der Waals surface area contributed by atoms with Crippen molar-refractivity contribution in [3.8, 4) is 0 Å². The number of rotatable bonds is 5. The first-order valence-corrected chi connectivity index (χ1v) is 8.98. The number of nitrogens with zero attached hydrogens (tertiary/aromatic N) is 1. The molecule has 0 aliphatic carbocycles. The van der Waals surface area contributed by atoms with Crippen molar-refractivity contribution in [1.29, 1.82) is 0 Å². The zero-order chi connectivity index (χ0) is 19.4. The summed E-state index contributed by atoms with van der Waals surface area (Å²) in [6.07, 6.45) is 2.47. The molecule has 1 aromatic heterocycles. The quantitative estimate of drug-likeness (QED) is 0.662. The number of benzene rings is 2. The Morgan fingerprint density at radius 1 is 0.889 bits per heavy atom. The number of aromatic nitrogens is 1. The van der Waals surface area contributed by atoms with Crippen LogP contribution in [0.1, 0.15) is 26.3 Å². The van der Waals surface area contributed by atoms with Gasteiger partial charge in [0.15, 0.2) is 0 Å². The van der Waals surface area contributed by atoms with Gasteiger partial charge in [-0.1, -0.05) is 43.3 Å². The van der Waals surface area contributed by atoms with Crippen LogP contribution in [0.5, 0.6) is 0 Å². The summed E-state index contributed by atoms with van der Waals surface area (Å²) >= 11 is 0. The average molecular weight is 361 g/mol. The second kappa shape index (κ2) is 7.58. The fourth-order valence-corrected chi connectivity index (χ4v) is 2.82. The SMILES string of the molecule is CCc1ccccc1NC(=O)C(C)(C)C(=O)Nc1cccc2cccnc12. The van der Waals surface area contributed by atoms with E-state index in [0.717, 1.165) is 23.1 Å². The van der Waals surface area contributed by atoms with E-state index in [4.69, 9.17) is 0 Å². The van der Waals surface area contributed by atoms with Crippen molar-refractivity contribution in [3.05, 3.63) is 66.4 Å². The number of hydrogen-bond donors (Lipinski definition) is 2. The summed E-state index contributed by atoms with van der Waals surface area (Å²) in [5.74, 6) is -0.735. The van der Waals surface area contributed by atoms with Gasteiger partial charge in [0.25, 0.3) is 0 Å². The first kappa shape index (κ1) is 18.6. The molecule has 0 saturated heterocycles. The van der Waals surface area contributed by atoms with Gasteiger partial charge in [-0.2, -0.15) is 0 Å². The molecular weight excluding hydrogens is 338 g/mol. The number of fused-ring (bicyclic) bond motifs is 1.